The van der Waals surface area contributed by atoms with Crippen LogP contribution >= 0.6 is 0 Å². The van der Waals surface area contributed by atoms with E-state index in [0.29, 0.717) is 0 Å². The normalized spacial score (nSPS) is 5.81. The molecule has 0 aliphatic rings. The van der Waals surface area contributed by atoms with Crippen LogP contribution in [0.5, 0.6) is 0 Å². The molecular weight excluding hydrogens is 376 g/mol. The maximum Gasteiger partial charge on any atom is 0 e. The van der Waals surface area contributed by atoms with Crippen LogP contribution in [0.2, 0.25) is 0 Å². The first-order valence-corrected chi connectivity index (χ1v) is 3.84. The third-order valence-corrected chi connectivity index (χ3v) is 1.37. The number of hydrogen-bond donors (Lipinski definition) is 0. The van der Waals surface area contributed by atoms with Crippen molar-refractivity contribution in [2.24, 2.45) is 0 Å². The predicted molar refractivity (Wildman–Crippen MR) is 52.4 cm³/mol. The fourth-order valence-corrected chi connectivity index (χ4v) is 1.20. The van der Waals surface area contributed by atoms with Gasteiger partial charge in [-0.3, -0.25) is 0 Å². The summed E-state index contributed by atoms with van der Waals surface area (Å²) in [5.41, 5.74) is 4.06. The van der Waals surface area contributed by atoms with Crippen molar-refractivity contribution in [3.05, 3.63) is 54.8 Å². The second kappa shape index (κ2) is 19.7. The van der Waals surface area contributed by atoms with Crippen LogP contribution in [-0.2, 0) is 35.0 Å². The molecule has 1 aromatic rings. The second-order valence-corrected chi connectivity index (χ2v) is 2.67. The van der Waals surface area contributed by atoms with Crippen molar-refractivity contribution in [3.8, 4) is 0 Å². The quantitative estimate of drug-likeness (QED) is 0.485. The summed E-state index contributed by atoms with van der Waals surface area (Å²) in [6.07, 6.45) is 0. The Balaban J connectivity index is -0.0000000900. The van der Waals surface area contributed by atoms with Gasteiger partial charge in [0.05, 0.1) is 0 Å². The van der Waals surface area contributed by atoms with Gasteiger partial charge in [0.2, 0.25) is 0 Å². The van der Waals surface area contributed by atoms with Crippen LogP contribution in [0, 0.1) is 40.7 Å². The van der Waals surface area contributed by atoms with Crippen molar-refractivity contribution in [2.75, 3.05) is 0 Å². The monoisotopic (exact) mass is 388 g/mol. The summed E-state index contributed by atoms with van der Waals surface area (Å²) in [4.78, 5) is 0. The van der Waals surface area contributed by atoms with Gasteiger partial charge in [-0.05, 0) is 20.8 Å². The van der Waals surface area contributed by atoms with Crippen LogP contribution in [0.25, 0.3) is 0 Å². The summed E-state index contributed by atoms with van der Waals surface area (Å²) in [6, 6.07) is 6.56. The van der Waals surface area contributed by atoms with E-state index >= 15 is 0 Å². The van der Waals surface area contributed by atoms with E-state index in [-0.39, 0.29) is 21.1 Å². The average Bonchev–Trinajstić information content (AvgIpc) is 2.24. The van der Waals surface area contributed by atoms with Crippen LogP contribution < -0.4 is 0 Å². The molecule has 0 aromatic heterocycles. The van der Waals surface area contributed by atoms with E-state index in [1.54, 1.807) is 0 Å². The topological polar surface area (TPSA) is 59.7 Å². The number of aryl methyl sites for hydroxylation is 3. The van der Waals surface area contributed by atoms with Gasteiger partial charge in [-0.15, -0.1) is 0 Å². The van der Waals surface area contributed by atoms with Gasteiger partial charge in [0.1, 0.15) is 0 Å². The Hall–Kier alpha value is -0.872. The standard InChI is InChI=1S/C9H12.3CO.W/c1-7-4-8(2)6-9(3)5-7;3*1-2;/h4-6H,1-3H3;;;;. The molecule has 16 heavy (non-hydrogen) atoms. The summed E-state index contributed by atoms with van der Waals surface area (Å²) in [7, 11) is 0. The minimum Gasteiger partial charge on any atom is 0 e. The molecule has 84 valence electrons. The van der Waals surface area contributed by atoms with Crippen molar-refractivity contribution in [1.29, 1.82) is 0 Å². The van der Waals surface area contributed by atoms with Gasteiger partial charge in [0.25, 0.3) is 0 Å². The van der Waals surface area contributed by atoms with Crippen molar-refractivity contribution in [3.63, 3.8) is 0 Å². The molecule has 0 fully saturated rings. The average molecular weight is 388 g/mol. The Morgan fingerprint density at radius 2 is 0.750 bits per heavy atom. The molecule has 4 heteroatoms. The van der Waals surface area contributed by atoms with E-state index < -0.39 is 0 Å². The summed E-state index contributed by atoms with van der Waals surface area (Å²) in [5, 5.41) is 0. The van der Waals surface area contributed by atoms with Crippen molar-refractivity contribution < 1.29 is 35.0 Å². The molecular formula is C12H12O3W. The van der Waals surface area contributed by atoms with Gasteiger partial charge in [-0.1, -0.05) is 34.9 Å². The SMILES string of the molecule is Cc1cc(C)cc(C)c1.[C-]#[O+].[C-]#[O+].[C-]#[O+].[W]. The Morgan fingerprint density at radius 1 is 0.625 bits per heavy atom. The molecule has 0 atom stereocenters. The third kappa shape index (κ3) is 15.6. The molecule has 0 spiro atoms. The van der Waals surface area contributed by atoms with Gasteiger partial charge in [-0.2, -0.15) is 0 Å². The number of hydrogen-bond acceptors (Lipinski definition) is 0. The van der Waals surface area contributed by atoms with E-state index in [2.05, 4.69) is 58.9 Å². The molecule has 0 heterocycles. The summed E-state index contributed by atoms with van der Waals surface area (Å²) in [5.74, 6) is 0. The molecule has 0 saturated carbocycles. The van der Waals surface area contributed by atoms with Crippen LogP contribution in [-0.4, -0.2) is 0 Å². The first-order valence-electron chi connectivity index (χ1n) is 3.84. The third-order valence-electron chi connectivity index (χ3n) is 1.37. The van der Waals surface area contributed by atoms with Crippen LogP contribution in [0.4, 0.5) is 0 Å². The van der Waals surface area contributed by atoms with E-state index in [4.69, 9.17) is 14.0 Å². The Bertz CT molecular complexity index is 262. The summed E-state index contributed by atoms with van der Waals surface area (Å²) < 4.78 is 22.5. The van der Waals surface area contributed by atoms with Gasteiger partial charge in [0.15, 0.2) is 0 Å². The van der Waals surface area contributed by atoms with Crippen molar-refractivity contribution in [1.82, 2.24) is 0 Å². The molecule has 0 saturated heterocycles. The minimum absolute atomic E-state index is 0. The first kappa shape index (κ1) is 24.4. The van der Waals surface area contributed by atoms with E-state index in [1.807, 2.05) is 0 Å². The van der Waals surface area contributed by atoms with Gasteiger partial charge >= 0.3 is 33.9 Å². The fourth-order valence-electron chi connectivity index (χ4n) is 1.20. The molecule has 0 amide bonds. The fraction of sp³-hybridized carbons (Fsp3) is 0.250. The van der Waals surface area contributed by atoms with E-state index in [9.17, 15) is 0 Å². The smallest absolute Gasteiger partial charge is 0 e. The van der Waals surface area contributed by atoms with Crippen LogP contribution in [0.15, 0.2) is 18.2 Å². The zero-order chi connectivity index (χ0) is 12.9. The van der Waals surface area contributed by atoms with E-state index in [0.717, 1.165) is 0 Å². The van der Waals surface area contributed by atoms with E-state index in [1.165, 1.54) is 16.7 Å². The maximum absolute atomic E-state index is 7.50. The molecule has 0 bridgehead atoms. The zero-order valence-corrected chi connectivity index (χ0v) is 12.3. The predicted octanol–water partition coefficient (Wildman–Crippen LogP) is 2.50. The molecule has 1 aromatic carbocycles. The van der Waals surface area contributed by atoms with Crippen molar-refractivity contribution >= 4 is 0 Å². The largest absolute Gasteiger partial charge is 0 e. The zero-order valence-electron chi connectivity index (χ0n) is 9.37. The van der Waals surface area contributed by atoms with Gasteiger partial charge < -0.3 is 0 Å². The summed E-state index contributed by atoms with van der Waals surface area (Å²) in [6.45, 7) is 19.9. The summed E-state index contributed by atoms with van der Waals surface area (Å²) >= 11 is 0. The maximum atomic E-state index is 7.50. The van der Waals surface area contributed by atoms with Gasteiger partial charge in [0, 0.05) is 21.1 Å². The molecule has 0 radical (unpaired) electrons. The Labute approximate surface area is 111 Å². The minimum atomic E-state index is 0. The molecule has 1 rings (SSSR count). The van der Waals surface area contributed by atoms with Crippen LogP contribution in [0.1, 0.15) is 16.7 Å². The number of rotatable bonds is 0. The van der Waals surface area contributed by atoms with Gasteiger partial charge in [-0.25, -0.2) is 0 Å². The first-order chi connectivity index (χ1) is 7.18. The molecule has 0 aliphatic heterocycles. The Kier molecular flexibility index (Phi) is 30.0. The molecule has 3 nitrogen and oxygen atoms in total. The molecule has 0 aliphatic carbocycles. The molecule has 0 unspecified atom stereocenters. The van der Waals surface area contributed by atoms with Crippen LogP contribution in [0.3, 0.4) is 0 Å². The van der Waals surface area contributed by atoms with Crippen molar-refractivity contribution in [2.45, 2.75) is 20.8 Å². The number of benzene rings is 1. The second-order valence-electron chi connectivity index (χ2n) is 2.67. The Morgan fingerprint density at radius 3 is 0.875 bits per heavy atom. The molecule has 0 N–H and O–H groups in total.